The first-order valence-corrected chi connectivity index (χ1v) is 11.3. The lowest BCUT2D eigenvalue weighted by Gasteiger charge is -2.19. The summed E-state index contributed by atoms with van der Waals surface area (Å²) in [5, 5.41) is -4.69. The van der Waals surface area contributed by atoms with Gasteiger partial charge in [0.2, 0.25) is 0 Å². The summed E-state index contributed by atoms with van der Waals surface area (Å²) in [5.74, 6) is -1.39. The number of carbonyl (C=O) groups is 2. The molecule has 0 unspecified atom stereocenters. The minimum atomic E-state index is -5.91. The van der Waals surface area contributed by atoms with Crippen molar-refractivity contribution in [2.45, 2.75) is 24.5 Å². The van der Waals surface area contributed by atoms with Gasteiger partial charge < -0.3 is 14.0 Å². The van der Waals surface area contributed by atoms with Crippen molar-refractivity contribution in [3.63, 3.8) is 0 Å². The summed E-state index contributed by atoms with van der Waals surface area (Å²) < 4.78 is 68.2. The number of halogens is 5. The lowest BCUT2D eigenvalue weighted by molar-refractivity contribution is -0.149. The number of rotatable bonds is 8. The van der Waals surface area contributed by atoms with Gasteiger partial charge in [0.15, 0.2) is 22.5 Å². The van der Waals surface area contributed by atoms with E-state index in [0.717, 1.165) is 10.7 Å². The van der Waals surface area contributed by atoms with Crippen LogP contribution >= 0.6 is 67.8 Å². The molecule has 0 aliphatic rings. The molecule has 7 nitrogen and oxygen atoms in total. The van der Waals surface area contributed by atoms with E-state index in [2.05, 4.69) is 27.3 Å². The van der Waals surface area contributed by atoms with E-state index in [-0.39, 0.29) is 12.8 Å². The molecule has 0 atom stereocenters. The fraction of sp³-hybridized carbons (Fsp3) is 0.385. The first-order valence-electron chi connectivity index (χ1n) is 6.67. The molecule has 0 aromatic heterocycles. The number of alkyl halides is 2. The zero-order valence-corrected chi connectivity index (χ0v) is 19.9. The van der Waals surface area contributed by atoms with Crippen molar-refractivity contribution in [2.75, 3.05) is 6.61 Å². The van der Waals surface area contributed by atoms with Gasteiger partial charge in [-0.25, -0.2) is 8.42 Å². The van der Waals surface area contributed by atoms with E-state index in [4.69, 9.17) is 4.74 Å². The zero-order valence-electron chi connectivity index (χ0n) is 12.6. The Hall–Kier alpha value is 0.120. The van der Waals surface area contributed by atoms with Gasteiger partial charge in [0, 0.05) is 16.4 Å². The number of hydrogen-bond donors (Lipinski definition) is 0. The van der Waals surface area contributed by atoms with Crippen LogP contribution in [0.5, 0.6) is 5.75 Å². The van der Waals surface area contributed by atoms with Crippen LogP contribution < -0.4 is 4.74 Å². The predicted molar refractivity (Wildman–Crippen MR) is 110 cm³/mol. The molecule has 1 aromatic rings. The van der Waals surface area contributed by atoms with Gasteiger partial charge in [0.25, 0.3) is 0 Å². The maximum atomic E-state index is 12.8. The van der Waals surface area contributed by atoms with Crippen LogP contribution in [0.2, 0.25) is 0 Å². The van der Waals surface area contributed by atoms with Crippen LogP contribution in [0, 0.1) is 10.7 Å². The second-order valence-electron chi connectivity index (χ2n) is 4.78. The Morgan fingerprint density at radius 2 is 1.58 bits per heavy atom. The van der Waals surface area contributed by atoms with Gasteiger partial charge in [-0.1, -0.05) is 0 Å². The highest BCUT2D eigenvalue weighted by atomic mass is 127. The van der Waals surface area contributed by atoms with Gasteiger partial charge in [0.1, 0.15) is 0 Å². The fourth-order valence-corrected chi connectivity index (χ4v) is 5.48. The first kappa shape index (κ1) is 24.2. The van der Waals surface area contributed by atoms with Gasteiger partial charge in [0.05, 0.1) is 7.14 Å². The summed E-state index contributed by atoms with van der Waals surface area (Å²) in [6.45, 7) is -1.86. The molecule has 0 spiro atoms. The number of hydrogen-bond acceptors (Lipinski definition) is 7. The van der Waals surface area contributed by atoms with Crippen LogP contribution in [0.15, 0.2) is 12.1 Å². The van der Waals surface area contributed by atoms with E-state index in [9.17, 15) is 31.3 Å². The molecule has 0 saturated heterocycles. The summed E-state index contributed by atoms with van der Waals surface area (Å²) in [6.07, 6.45) is -0.640. The van der Waals surface area contributed by atoms with Gasteiger partial charge >= 0.3 is 17.2 Å². The summed E-state index contributed by atoms with van der Waals surface area (Å²) in [7, 11) is -5.91. The van der Waals surface area contributed by atoms with Gasteiger partial charge in [-0.05, 0) is 86.3 Å². The Bertz CT molecular complexity index is 776. The number of ether oxygens (including phenoxy) is 2. The van der Waals surface area contributed by atoms with Crippen LogP contribution in [-0.2, 0) is 24.4 Å². The van der Waals surface area contributed by atoms with E-state index < -0.39 is 40.3 Å². The number of esters is 2. The Kier molecular flexibility index (Phi) is 9.34. The van der Waals surface area contributed by atoms with Crippen molar-refractivity contribution < 1.29 is 40.8 Å². The lowest BCUT2D eigenvalue weighted by Crippen LogP contribution is -2.34. The van der Waals surface area contributed by atoms with Crippen molar-refractivity contribution in [1.82, 2.24) is 0 Å². The van der Waals surface area contributed by atoms with Crippen LogP contribution in [0.4, 0.5) is 8.78 Å². The normalized spacial score (nSPS) is 11.9. The van der Waals surface area contributed by atoms with Crippen molar-refractivity contribution in [3.8, 4) is 5.75 Å². The third kappa shape index (κ3) is 7.63. The molecule has 0 bridgehead atoms. The largest absolute Gasteiger partial charge is 0.743 e. The highest BCUT2D eigenvalue weighted by molar-refractivity contribution is 14.1. The molecule has 1 rings (SSSR count). The van der Waals surface area contributed by atoms with E-state index in [0.29, 0.717) is 5.75 Å². The topological polar surface area (TPSA) is 110 Å². The summed E-state index contributed by atoms with van der Waals surface area (Å²) in [4.78, 5) is 23.1. The molecule has 1 aromatic carbocycles. The van der Waals surface area contributed by atoms with E-state index in [1.165, 1.54) is 0 Å². The monoisotopic (exact) mass is 729 g/mol. The Balaban J connectivity index is 2.44. The number of benzene rings is 1. The quantitative estimate of drug-likeness (QED) is 0.175. The summed E-state index contributed by atoms with van der Waals surface area (Å²) in [5.41, 5.74) is 0. The number of carbonyl (C=O) groups excluding carboxylic acids is 2. The highest BCUT2D eigenvalue weighted by Crippen LogP contribution is 2.30. The standard InChI is InChI=1S/C13H11F2I3O7S/c14-13(15,26(21,22)23)6-24-10(19)2-1-3-11(20)25-12-8(17)4-7(16)5-9(12)18/h4-5H,1-3,6H2,(H,21,22,23)/p-1. The van der Waals surface area contributed by atoms with Crippen LogP contribution in [0.3, 0.4) is 0 Å². The molecule has 0 N–H and O–H groups in total. The minimum Gasteiger partial charge on any atom is -0.743 e. The molecular formula is C13H10F2I3O7S-. The van der Waals surface area contributed by atoms with Gasteiger partial charge in [-0.3, -0.25) is 9.59 Å². The van der Waals surface area contributed by atoms with Gasteiger partial charge in [-0.15, -0.1) is 0 Å². The Morgan fingerprint density at radius 3 is 2.08 bits per heavy atom. The Labute approximate surface area is 188 Å². The second kappa shape index (κ2) is 10.1. The molecule has 0 radical (unpaired) electrons. The lowest BCUT2D eigenvalue weighted by atomic mass is 10.2. The molecule has 26 heavy (non-hydrogen) atoms. The van der Waals surface area contributed by atoms with Crippen LogP contribution in [-0.4, -0.2) is 36.8 Å². The van der Waals surface area contributed by atoms with E-state index >= 15 is 0 Å². The van der Waals surface area contributed by atoms with Crippen molar-refractivity contribution in [1.29, 1.82) is 0 Å². The van der Waals surface area contributed by atoms with Crippen molar-refractivity contribution in [3.05, 3.63) is 22.8 Å². The molecule has 13 heteroatoms. The summed E-state index contributed by atoms with van der Waals surface area (Å²) >= 11 is 6.14. The van der Waals surface area contributed by atoms with Crippen molar-refractivity contribution in [2.24, 2.45) is 0 Å². The Morgan fingerprint density at radius 1 is 1.08 bits per heavy atom. The van der Waals surface area contributed by atoms with E-state index in [1.807, 2.05) is 57.3 Å². The highest BCUT2D eigenvalue weighted by Gasteiger charge is 2.39. The molecule has 0 fully saturated rings. The SMILES string of the molecule is O=C(CCCC(=O)Oc1c(I)cc(I)cc1I)OCC(F)(F)S(=O)(=O)[O-]. The molecule has 0 saturated carbocycles. The van der Waals surface area contributed by atoms with Crippen LogP contribution in [0.1, 0.15) is 19.3 Å². The smallest absolute Gasteiger partial charge is 0.367 e. The third-order valence-corrected chi connectivity index (χ3v) is 5.78. The maximum absolute atomic E-state index is 12.8. The predicted octanol–water partition coefficient (Wildman–Crippen LogP) is 3.26. The third-order valence-electron chi connectivity index (χ3n) is 2.71. The molecule has 146 valence electrons. The van der Waals surface area contributed by atoms with Crippen molar-refractivity contribution >= 4 is 89.8 Å². The first-order chi connectivity index (χ1) is 11.8. The molecular weight excluding hydrogens is 719 g/mol. The maximum Gasteiger partial charge on any atom is 0.367 e. The minimum absolute atomic E-state index is 0.0507. The second-order valence-corrected chi connectivity index (χ2v) is 9.85. The fourth-order valence-electron chi connectivity index (χ4n) is 1.48. The van der Waals surface area contributed by atoms with Gasteiger partial charge in [-0.2, -0.15) is 8.78 Å². The van der Waals surface area contributed by atoms with Crippen LogP contribution in [0.25, 0.3) is 0 Å². The average molecular weight is 729 g/mol. The zero-order chi connectivity index (χ0) is 20.1. The molecule has 0 aliphatic carbocycles. The molecule has 0 amide bonds. The molecule has 0 aliphatic heterocycles. The van der Waals surface area contributed by atoms with E-state index in [1.54, 1.807) is 0 Å². The summed E-state index contributed by atoms with van der Waals surface area (Å²) in [6, 6.07) is 3.63. The average Bonchev–Trinajstić information content (AvgIpc) is 2.48. The molecule has 0 heterocycles.